The Labute approximate surface area is 163 Å². The van der Waals surface area contributed by atoms with Crippen LogP contribution < -0.4 is 5.43 Å². The number of carbonyl (C=O) groups is 1. The van der Waals surface area contributed by atoms with Gasteiger partial charge < -0.3 is 8.98 Å². The van der Waals surface area contributed by atoms with E-state index < -0.39 is 0 Å². The predicted molar refractivity (Wildman–Crippen MR) is 108 cm³/mol. The van der Waals surface area contributed by atoms with Crippen LogP contribution in [0.5, 0.6) is 0 Å². The number of aromatic nitrogens is 1. The summed E-state index contributed by atoms with van der Waals surface area (Å²) < 4.78 is 7.67. The van der Waals surface area contributed by atoms with Gasteiger partial charge in [-0.1, -0.05) is 11.6 Å². The quantitative estimate of drug-likeness (QED) is 0.561. The third kappa shape index (κ3) is 2.94. The van der Waals surface area contributed by atoms with E-state index in [1.54, 1.807) is 18.4 Å². The van der Waals surface area contributed by atoms with Gasteiger partial charge >= 0.3 is 0 Å². The second kappa shape index (κ2) is 6.95. The SMILES string of the molecule is Cc1ccc2c(c1)c1c3n2CCN(CC(=O)N/N=C\c2ccco2)C3CCC1. The summed E-state index contributed by atoms with van der Waals surface area (Å²) >= 11 is 0. The summed E-state index contributed by atoms with van der Waals surface area (Å²) in [6.45, 7) is 4.32. The molecule has 0 spiro atoms. The van der Waals surface area contributed by atoms with Crippen LogP contribution in [0.4, 0.5) is 0 Å². The first-order valence-electron chi connectivity index (χ1n) is 9.92. The number of fused-ring (bicyclic) bond motifs is 3. The van der Waals surface area contributed by atoms with Gasteiger partial charge in [-0.05, 0) is 56.0 Å². The Balaban J connectivity index is 1.36. The third-order valence-corrected chi connectivity index (χ3v) is 5.91. The average Bonchev–Trinajstić information content (AvgIpc) is 3.31. The van der Waals surface area contributed by atoms with Crippen LogP contribution in [-0.4, -0.2) is 34.7 Å². The molecule has 1 N–H and O–H groups in total. The van der Waals surface area contributed by atoms with E-state index in [1.807, 2.05) is 0 Å². The molecule has 1 atom stereocenters. The maximum atomic E-state index is 12.4. The Morgan fingerprint density at radius 2 is 2.29 bits per heavy atom. The smallest absolute Gasteiger partial charge is 0.254 e. The Morgan fingerprint density at radius 1 is 1.36 bits per heavy atom. The Hall–Kier alpha value is -2.86. The third-order valence-electron chi connectivity index (χ3n) is 5.91. The van der Waals surface area contributed by atoms with Gasteiger partial charge in [0, 0.05) is 29.7 Å². The fourth-order valence-corrected chi connectivity index (χ4v) is 4.73. The molecule has 1 amide bonds. The van der Waals surface area contributed by atoms with Crippen molar-refractivity contribution in [2.75, 3.05) is 13.1 Å². The van der Waals surface area contributed by atoms with Crippen LogP contribution in [0.15, 0.2) is 46.1 Å². The summed E-state index contributed by atoms with van der Waals surface area (Å²) in [4.78, 5) is 14.7. The van der Waals surface area contributed by atoms with Crippen LogP contribution in [0.1, 0.15) is 41.5 Å². The van der Waals surface area contributed by atoms with Gasteiger partial charge in [0.25, 0.3) is 5.91 Å². The molecule has 0 fully saturated rings. The minimum absolute atomic E-state index is 0.0877. The molecule has 0 saturated carbocycles. The molecule has 3 heterocycles. The topological polar surface area (TPSA) is 62.8 Å². The van der Waals surface area contributed by atoms with E-state index in [2.05, 4.69) is 45.1 Å². The van der Waals surface area contributed by atoms with Gasteiger partial charge in [0.05, 0.1) is 25.1 Å². The highest BCUT2D eigenvalue weighted by Gasteiger charge is 2.35. The van der Waals surface area contributed by atoms with E-state index in [-0.39, 0.29) is 5.91 Å². The van der Waals surface area contributed by atoms with Crippen LogP contribution in [0, 0.1) is 6.92 Å². The van der Waals surface area contributed by atoms with E-state index in [1.165, 1.54) is 40.4 Å². The number of nitrogens with zero attached hydrogens (tertiary/aromatic N) is 3. The van der Waals surface area contributed by atoms with Crippen molar-refractivity contribution in [1.29, 1.82) is 0 Å². The highest BCUT2D eigenvalue weighted by atomic mass is 16.3. The van der Waals surface area contributed by atoms with Crippen molar-refractivity contribution in [3.63, 3.8) is 0 Å². The summed E-state index contributed by atoms with van der Waals surface area (Å²) in [5.41, 5.74) is 8.18. The standard InChI is InChI=1S/C22H24N4O2/c1-15-7-8-19-18(12-15)17-5-2-6-20-22(17)26(19)10-9-25(20)14-21(27)24-23-13-16-4-3-11-28-16/h3-4,7-8,11-13,20H,2,5-6,9-10,14H2,1H3,(H,24,27)/b23-13-. The molecule has 5 rings (SSSR count). The molecule has 1 aliphatic heterocycles. The first-order valence-corrected chi connectivity index (χ1v) is 9.92. The molecule has 144 valence electrons. The number of nitrogens with one attached hydrogen (secondary N) is 1. The molecule has 6 heteroatoms. The van der Waals surface area contributed by atoms with Crippen LogP contribution in [0.2, 0.25) is 0 Å². The molecule has 6 nitrogen and oxygen atoms in total. The van der Waals surface area contributed by atoms with E-state index in [4.69, 9.17) is 4.42 Å². The summed E-state index contributed by atoms with van der Waals surface area (Å²) in [7, 11) is 0. The molecule has 28 heavy (non-hydrogen) atoms. The monoisotopic (exact) mass is 376 g/mol. The summed E-state index contributed by atoms with van der Waals surface area (Å²) in [6, 6.07) is 10.7. The lowest BCUT2D eigenvalue weighted by Crippen LogP contribution is -2.44. The molecule has 1 aromatic carbocycles. The summed E-state index contributed by atoms with van der Waals surface area (Å²) in [6.07, 6.45) is 6.50. The molecule has 2 aliphatic rings. The molecule has 3 aromatic rings. The minimum atomic E-state index is -0.0877. The Morgan fingerprint density at radius 3 is 3.14 bits per heavy atom. The lowest BCUT2D eigenvalue weighted by molar-refractivity contribution is -0.123. The van der Waals surface area contributed by atoms with Gasteiger partial charge in [-0.2, -0.15) is 5.10 Å². The van der Waals surface area contributed by atoms with Gasteiger partial charge in [-0.15, -0.1) is 0 Å². The molecule has 0 bridgehead atoms. The van der Waals surface area contributed by atoms with E-state index in [9.17, 15) is 4.79 Å². The highest BCUT2D eigenvalue weighted by Crippen LogP contribution is 2.42. The van der Waals surface area contributed by atoms with Crippen molar-refractivity contribution >= 4 is 23.0 Å². The lowest BCUT2D eigenvalue weighted by atomic mass is 9.89. The molecule has 1 unspecified atom stereocenters. The number of hydrazone groups is 1. The van der Waals surface area contributed by atoms with Crippen molar-refractivity contribution in [2.45, 2.75) is 38.8 Å². The second-order valence-corrected chi connectivity index (χ2v) is 7.72. The average molecular weight is 376 g/mol. The second-order valence-electron chi connectivity index (χ2n) is 7.72. The largest absolute Gasteiger partial charge is 0.463 e. The normalized spacial score (nSPS) is 19.2. The van der Waals surface area contributed by atoms with E-state index in [0.29, 0.717) is 18.3 Å². The Kier molecular flexibility index (Phi) is 4.28. The number of hydrogen-bond acceptors (Lipinski definition) is 4. The van der Waals surface area contributed by atoms with Gasteiger partial charge in [0.15, 0.2) is 0 Å². The van der Waals surface area contributed by atoms with Crippen LogP contribution in [-0.2, 0) is 17.8 Å². The van der Waals surface area contributed by atoms with Crippen molar-refractivity contribution in [3.8, 4) is 0 Å². The fourth-order valence-electron chi connectivity index (χ4n) is 4.73. The van der Waals surface area contributed by atoms with Gasteiger partial charge in [0.1, 0.15) is 5.76 Å². The first-order chi connectivity index (χ1) is 13.7. The maximum Gasteiger partial charge on any atom is 0.254 e. The molecule has 0 radical (unpaired) electrons. The molecular weight excluding hydrogens is 352 g/mol. The van der Waals surface area contributed by atoms with Crippen molar-refractivity contribution in [2.24, 2.45) is 5.10 Å². The zero-order valence-electron chi connectivity index (χ0n) is 16.0. The number of rotatable bonds is 4. The fraction of sp³-hybridized carbons (Fsp3) is 0.364. The summed E-state index contributed by atoms with van der Waals surface area (Å²) in [5.74, 6) is 0.533. The minimum Gasteiger partial charge on any atom is -0.463 e. The van der Waals surface area contributed by atoms with E-state index >= 15 is 0 Å². The number of carbonyl (C=O) groups excluding carboxylic acids is 1. The van der Waals surface area contributed by atoms with Crippen LogP contribution in [0.25, 0.3) is 10.9 Å². The molecular formula is C22H24N4O2. The van der Waals surface area contributed by atoms with Crippen molar-refractivity contribution in [1.82, 2.24) is 14.9 Å². The highest BCUT2D eigenvalue weighted by molar-refractivity contribution is 5.87. The summed E-state index contributed by atoms with van der Waals surface area (Å²) in [5, 5.41) is 5.40. The van der Waals surface area contributed by atoms with Gasteiger partial charge in [-0.25, -0.2) is 5.43 Å². The van der Waals surface area contributed by atoms with Crippen molar-refractivity contribution in [3.05, 3.63) is 59.2 Å². The van der Waals surface area contributed by atoms with Crippen LogP contribution in [0.3, 0.4) is 0 Å². The number of aryl methyl sites for hydroxylation is 2. The van der Waals surface area contributed by atoms with Crippen LogP contribution >= 0.6 is 0 Å². The maximum absolute atomic E-state index is 12.4. The van der Waals surface area contributed by atoms with Gasteiger partial charge in [0.2, 0.25) is 0 Å². The molecule has 2 aromatic heterocycles. The molecule has 0 saturated heterocycles. The number of amides is 1. The number of hydrogen-bond donors (Lipinski definition) is 1. The predicted octanol–water partition coefficient (Wildman–Crippen LogP) is 3.39. The lowest BCUT2D eigenvalue weighted by Gasteiger charge is -2.39. The van der Waals surface area contributed by atoms with E-state index in [0.717, 1.165) is 25.9 Å². The zero-order valence-corrected chi connectivity index (χ0v) is 16.0. The first kappa shape index (κ1) is 17.3. The number of furan rings is 1. The number of benzene rings is 1. The van der Waals surface area contributed by atoms with Crippen molar-refractivity contribution < 1.29 is 9.21 Å². The molecule has 1 aliphatic carbocycles. The Bertz CT molecular complexity index is 1050. The van der Waals surface area contributed by atoms with Gasteiger partial charge in [-0.3, -0.25) is 9.69 Å². The zero-order chi connectivity index (χ0) is 19.1.